The lowest BCUT2D eigenvalue weighted by Crippen LogP contribution is -2.25. The van der Waals surface area contributed by atoms with E-state index >= 15 is 0 Å². The molecule has 0 spiro atoms. The van der Waals surface area contributed by atoms with Crippen LogP contribution >= 0.6 is 11.8 Å². The lowest BCUT2D eigenvalue weighted by Gasteiger charge is -2.22. The number of carbonyl (C=O) groups is 2. The van der Waals surface area contributed by atoms with Gasteiger partial charge in [0.05, 0.1) is 6.42 Å². The zero-order valence-electron chi connectivity index (χ0n) is 14.6. The summed E-state index contributed by atoms with van der Waals surface area (Å²) in [6.07, 6.45) is 0.161. The predicted octanol–water partition coefficient (Wildman–Crippen LogP) is 4.47. The fourth-order valence-corrected chi connectivity index (χ4v) is 3.16. The Kier molecular flexibility index (Phi) is 7.13. The third kappa shape index (κ3) is 7.08. The van der Waals surface area contributed by atoms with E-state index in [2.05, 4.69) is 25.2 Å². The fraction of sp³-hybridized carbons (Fsp3) is 0.556. The summed E-state index contributed by atoms with van der Waals surface area (Å²) in [5.41, 5.74) is 2.54. The monoisotopic (exact) mass is 337 g/mol. The molecule has 0 aliphatic rings. The van der Waals surface area contributed by atoms with Crippen LogP contribution in [0.15, 0.2) is 18.2 Å². The van der Waals surface area contributed by atoms with E-state index < -0.39 is 11.4 Å². The van der Waals surface area contributed by atoms with Crippen molar-refractivity contribution in [3.05, 3.63) is 29.3 Å². The Morgan fingerprint density at radius 3 is 2.48 bits per heavy atom. The first kappa shape index (κ1) is 19.6. The summed E-state index contributed by atoms with van der Waals surface area (Å²) in [4.78, 5) is 23.1. The van der Waals surface area contributed by atoms with Crippen molar-refractivity contribution in [1.82, 2.24) is 0 Å². The summed E-state index contributed by atoms with van der Waals surface area (Å²) in [7, 11) is 0. The number of hydrogen-bond donors (Lipinski definition) is 2. The highest BCUT2D eigenvalue weighted by molar-refractivity contribution is 7.99. The molecule has 0 fully saturated rings. The van der Waals surface area contributed by atoms with Gasteiger partial charge in [-0.1, -0.05) is 39.8 Å². The minimum atomic E-state index is -0.883. The van der Waals surface area contributed by atoms with Gasteiger partial charge < -0.3 is 10.4 Å². The summed E-state index contributed by atoms with van der Waals surface area (Å²) in [5.74, 6) is -0.114. The molecule has 2 N–H and O–H groups in total. The van der Waals surface area contributed by atoms with Crippen molar-refractivity contribution in [2.45, 2.75) is 58.5 Å². The number of carboxylic acid groups (broad SMARTS) is 1. The molecule has 1 rings (SSSR count). The molecule has 0 aliphatic heterocycles. The molecule has 0 aliphatic carbocycles. The maximum absolute atomic E-state index is 12.2. The van der Waals surface area contributed by atoms with Crippen molar-refractivity contribution in [3.8, 4) is 0 Å². The second-order valence-electron chi connectivity index (χ2n) is 6.91. The van der Waals surface area contributed by atoms with Crippen LogP contribution in [0, 0.1) is 12.3 Å². The number of rotatable bonds is 8. The number of nitrogens with one attached hydrogen (secondary N) is 1. The van der Waals surface area contributed by atoms with Gasteiger partial charge in [0.2, 0.25) is 5.91 Å². The Morgan fingerprint density at radius 1 is 1.26 bits per heavy atom. The first-order valence-electron chi connectivity index (χ1n) is 7.82. The van der Waals surface area contributed by atoms with Crippen LogP contribution in [0.3, 0.4) is 0 Å². The average molecular weight is 337 g/mol. The summed E-state index contributed by atoms with van der Waals surface area (Å²) in [5, 5.41) is 12.4. The third-order valence-corrected chi connectivity index (χ3v) is 4.71. The Morgan fingerprint density at radius 2 is 1.91 bits per heavy atom. The second kappa shape index (κ2) is 8.39. The Bertz CT molecular complexity index is 567. The van der Waals surface area contributed by atoms with Crippen LogP contribution in [0.2, 0.25) is 0 Å². The minimum Gasteiger partial charge on any atom is -0.481 e. The molecule has 4 nitrogen and oxygen atoms in total. The molecule has 0 aromatic heterocycles. The molecular weight excluding hydrogens is 310 g/mol. The van der Waals surface area contributed by atoms with Crippen LogP contribution in [-0.4, -0.2) is 22.2 Å². The number of carboxylic acids is 1. The number of aliphatic carboxylic acids is 1. The summed E-state index contributed by atoms with van der Waals surface area (Å²) in [6, 6.07) is 5.91. The van der Waals surface area contributed by atoms with Crippen LogP contribution in [0.25, 0.3) is 0 Å². The van der Waals surface area contributed by atoms with Crippen molar-refractivity contribution in [2.75, 3.05) is 5.32 Å². The number of thioether (sulfide) groups is 1. The first-order valence-corrected chi connectivity index (χ1v) is 8.87. The van der Waals surface area contributed by atoms with Crippen LogP contribution in [0.1, 0.15) is 51.7 Å². The fourth-order valence-electron chi connectivity index (χ4n) is 2.33. The molecular formula is C18H27NO3S. The normalized spacial score (nSPS) is 11.6. The largest absolute Gasteiger partial charge is 0.481 e. The number of hydrogen-bond acceptors (Lipinski definition) is 3. The molecule has 0 atom stereocenters. The van der Waals surface area contributed by atoms with Gasteiger partial charge in [0.15, 0.2) is 0 Å². The number of carbonyl (C=O) groups excluding carboxylic acids is 1. The lowest BCUT2D eigenvalue weighted by atomic mass is 9.85. The van der Waals surface area contributed by atoms with E-state index in [1.807, 2.05) is 30.8 Å². The van der Waals surface area contributed by atoms with Gasteiger partial charge in [-0.2, -0.15) is 11.8 Å². The lowest BCUT2D eigenvalue weighted by molar-refractivity contribution is -0.139. The average Bonchev–Trinajstić information content (AvgIpc) is 2.37. The zero-order chi connectivity index (χ0) is 17.6. The molecule has 23 heavy (non-hydrogen) atoms. The number of amides is 1. The Balaban J connectivity index is 2.75. The van der Waals surface area contributed by atoms with E-state index in [0.29, 0.717) is 5.25 Å². The standard InChI is InChI=1S/C18H27NO3S/c1-12(2)23-11-14-7-6-8-15(13(14)3)19-16(20)9-18(4,5)10-17(21)22/h6-8,12H,9-11H2,1-5H3,(H,19,20)(H,21,22). The van der Waals surface area contributed by atoms with Crippen LogP contribution in [-0.2, 0) is 15.3 Å². The predicted molar refractivity (Wildman–Crippen MR) is 96.9 cm³/mol. The Labute approximate surface area is 143 Å². The molecule has 0 unspecified atom stereocenters. The molecule has 1 aromatic carbocycles. The maximum Gasteiger partial charge on any atom is 0.303 e. The Hall–Kier alpha value is -1.49. The van der Waals surface area contributed by atoms with Crippen molar-refractivity contribution >= 4 is 29.3 Å². The van der Waals surface area contributed by atoms with Crippen LogP contribution in [0.4, 0.5) is 5.69 Å². The van der Waals surface area contributed by atoms with Crippen molar-refractivity contribution in [1.29, 1.82) is 0 Å². The molecule has 0 bridgehead atoms. The van der Waals surface area contributed by atoms with Crippen molar-refractivity contribution < 1.29 is 14.7 Å². The van der Waals surface area contributed by atoms with E-state index in [1.165, 1.54) is 5.56 Å². The van der Waals surface area contributed by atoms with E-state index in [-0.39, 0.29) is 18.7 Å². The molecule has 0 heterocycles. The minimum absolute atomic E-state index is 0.0233. The molecule has 1 amide bonds. The molecule has 0 saturated carbocycles. The van der Waals surface area contributed by atoms with E-state index in [0.717, 1.165) is 17.0 Å². The van der Waals surface area contributed by atoms with E-state index in [4.69, 9.17) is 5.11 Å². The van der Waals surface area contributed by atoms with Gasteiger partial charge in [-0.15, -0.1) is 0 Å². The van der Waals surface area contributed by atoms with Gasteiger partial charge in [-0.25, -0.2) is 0 Å². The third-order valence-electron chi connectivity index (χ3n) is 3.56. The summed E-state index contributed by atoms with van der Waals surface area (Å²) < 4.78 is 0. The molecule has 5 heteroatoms. The van der Waals surface area contributed by atoms with Gasteiger partial charge in [-0.05, 0) is 34.8 Å². The number of benzene rings is 1. The summed E-state index contributed by atoms with van der Waals surface area (Å²) >= 11 is 1.86. The van der Waals surface area contributed by atoms with Gasteiger partial charge in [0.25, 0.3) is 0 Å². The molecule has 0 saturated heterocycles. The van der Waals surface area contributed by atoms with Gasteiger partial charge >= 0.3 is 5.97 Å². The van der Waals surface area contributed by atoms with Gasteiger partial charge in [-0.3, -0.25) is 9.59 Å². The van der Waals surface area contributed by atoms with E-state index in [1.54, 1.807) is 13.8 Å². The topological polar surface area (TPSA) is 66.4 Å². The van der Waals surface area contributed by atoms with Crippen LogP contribution < -0.4 is 5.32 Å². The van der Waals surface area contributed by atoms with Crippen LogP contribution in [0.5, 0.6) is 0 Å². The van der Waals surface area contributed by atoms with Gasteiger partial charge in [0, 0.05) is 17.9 Å². The first-order chi connectivity index (χ1) is 10.6. The molecule has 1 aromatic rings. The maximum atomic E-state index is 12.2. The summed E-state index contributed by atoms with van der Waals surface area (Å²) in [6.45, 7) is 9.92. The molecule has 128 valence electrons. The highest BCUT2D eigenvalue weighted by Gasteiger charge is 2.25. The number of anilines is 1. The van der Waals surface area contributed by atoms with Crippen molar-refractivity contribution in [3.63, 3.8) is 0 Å². The quantitative estimate of drug-likeness (QED) is 0.734. The zero-order valence-corrected chi connectivity index (χ0v) is 15.4. The van der Waals surface area contributed by atoms with Gasteiger partial charge in [0.1, 0.15) is 0 Å². The van der Waals surface area contributed by atoms with E-state index in [9.17, 15) is 9.59 Å². The highest BCUT2D eigenvalue weighted by Crippen LogP contribution is 2.28. The SMILES string of the molecule is Cc1c(CSC(C)C)cccc1NC(=O)CC(C)(C)CC(=O)O. The highest BCUT2D eigenvalue weighted by atomic mass is 32.2. The molecule has 0 radical (unpaired) electrons. The smallest absolute Gasteiger partial charge is 0.303 e. The van der Waals surface area contributed by atoms with Crippen molar-refractivity contribution in [2.24, 2.45) is 5.41 Å². The second-order valence-corrected chi connectivity index (χ2v) is 8.47.